The average molecular weight is 382 g/mol. The van der Waals surface area contributed by atoms with Crippen molar-refractivity contribution in [3.8, 4) is 0 Å². The summed E-state index contributed by atoms with van der Waals surface area (Å²) in [5, 5.41) is 6.82. The van der Waals surface area contributed by atoms with Gasteiger partial charge in [-0.15, -0.1) is 12.4 Å². The van der Waals surface area contributed by atoms with Gasteiger partial charge in [0.1, 0.15) is 0 Å². The summed E-state index contributed by atoms with van der Waals surface area (Å²) in [5.74, 6) is -0.106. The Balaban J connectivity index is 0.00000200. The summed E-state index contributed by atoms with van der Waals surface area (Å²) in [7, 11) is 0. The van der Waals surface area contributed by atoms with Crippen molar-refractivity contribution in [1.29, 1.82) is 0 Å². The van der Waals surface area contributed by atoms with Gasteiger partial charge in [-0.2, -0.15) is 0 Å². The third-order valence-electron chi connectivity index (χ3n) is 3.66. The van der Waals surface area contributed by atoms with Crippen LogP contribution < -0.4 is 10.6 Å². The molecule has 1 aromatic carbocycles. The number of hydrogen-bond acceptors (Lipinski definition) is 2. The lowest BCUT2D eigenvalue weighted by Gasteiger charge is -2.34. The first-order chi connectivity index (χ1) is 9.00. The fourth-order valence-electron chi connectivity index (χ4n) is 2.27. The van der Waals surface area contributed by atoms with Crippen molar-refractivity contribution in [2.24, 2.45) is 5.41 Å². The van der Waals surface area contributed by atoms with E-state index in [9.17, 15) is 4.79 Å². The number of amides is 1. The van der Waals surface area contributed by atoms with E-state index in [1.54, 1.807) is 12.1 Å². The van der Waals surface area contributed by atoms with Gasteiger partial charge in [-0.3, -0.25) is 4.79 Å². The van der Waals surface area contributed by atoms with Crippen LogP contribution in [0.25, 0.3) is 0 Å². The van der Waals surface area contributed by atoms with Crippen molar-refractivity contribution in [3.63, 3.8) is 0 Å². The maximum atomic E-state index is 12.2. The van der Waals surface area contributed by atoms with Gasteiger partial charge in [0, 0.05) is 11.0 Å². The standard InChI is InChI=1S/C14H18BrClN2O.ClH/c1-14(4-6-17-7-5-14)9-18-13(19)11-8-10(15)2-3-12(11)16;/h2-3,8,17H,4-7,9H2,1H3,(H,18,19);1H. The average Bonchev–Trinajstić information content (AvgIpc) is 2.40. The van der Waals surface area contributed by atoms with Gasteiger partial charge in [-0.1, -0.05) is 34.5 Å². The number of piperidine rings is 1. The maximum Gasteiger partial charge on any atom is 0.252 e. The van der Waals surface area contributed by atoms with Crippen molar-refractivity contribution < 1.29 is 4.79 Å². The summed E-state index contributed by atoms with van der Waals surface area (Å²) >= 11 is 9.41. The lowest BCUT2D eigenvalue weighted by Crippen LogP contribution is -2.42. The zero-order valence-corrected chi connectivity index (χ0v) is 14.5. The summed E-state index contributed by atoms with van der Waals surface area (Å²) in [5.41, 5.74) is 0.702. The van der Waals surface area contributed by atoms with E-state index in [1.807, 2.05) is 6.07 Å². The molecule has 1 amide bonds. The number of benzene rings is 1. The molecule has 1 aliphatic rings. The minimum atomic E-state index is -0.106. The van der Waals surface area contributed by atoms with E-state index >= 15 is 0 Å². The molecule has 0 aliphatic carbocycles. The Labute approximate surface area is 139 Å². The highest BCUT2D eigenvalue weighted by molar-refractivity contribution is 9.10. The van der Waals surface area contributed by atoms with E-state index in [-0.39, 0.29) is 23.7 Å². The summed E-state index contributed by atoms with van der Waals surface area (Å²) in [6.07, 6.45) is 2.17. The van der Waals surface area contributed by atoms with Crippen LogP contribution in [0, 0.1) is 5.41 Å². The van der Waals surface area contributed by atoms with Crippen LogP contribution in [0.5, 0.6) is 0 Å². The Morgan fingerprint density at radius 3 is 2.75 bits per heavy atom. The largest absolute Gasteiger partial charge is 0.351 e. The molecule has 112 valence electrons. The Morgan fingerprint density at radius 2 is 2.10 bits per heavy atom. The molecule has 1 aliphatic heterocycles. The highest BCUT2D eigenvalue weighted by Crippen LogP contribution is 2.27. The second-order valence-electron chi connectivity index (χ2n) is 5.37. The highest BCUT2D eigenvalue weighted by Gasteiger charge is 2.27. The number of rotatable bonds is 3. The second-order valence-corrected chi connectivity index (χ2v) is 6.69. The molecule has 1 saturated heterocycles. The highest BCUT2D eigenvalue weighted by atomic mass is 79.9. The lowest BCUT2D eigenvalue weighted by molar-refractivity contribution is 0.0922. The summed E-state index contributed by atoms with van der Waals surface area (Å²) < 4.78 is 0.857. The van der Waals surface area contributed by atoms with E-state index in [0.29, 0.717) is 17.1 Å². The lowest BCUT2D eigenvalue weighted by atomic mass is 9.81. The van der Waals surface area contributed by atoms with Crippen molar-refractivity contribution >= 4 is 45.8 Å². The van der Waals surface area contributed by atoms with Crippen molar-refractivity contribution in [2.45, 2.75) is 19.8 Å². The van der Waals surface area contributed by atoms with E-state index < -0.39 is 0 Å². The molecule has 0 aromatic heterocycles. The predicted octanol–water partition coefficient (Wildman–Crippen LogP) is 3.64. The molecule has 1 fully saturated rings. The van der Waals surface area contributed by atoms with Gasteiger partial charge >= 0.3 is 0 Å². The van der Waals surface area contributed by atoms with Gasteiger partial charge in [0.05, 0.1) is 10.6 Å². The number of carbonyl (C=O) groups is 1. The van der Waals surface area contributed by atoms with E-state index in [4.69, 9.17) is 11.6 Å². The molecule has 1 heterocycles. The van der Waals surface area contributed by atoms with Crippen LogP contribution in [0.15, 0.2) is 22.7 Å². The van der Waals surface area contributed by atoms with Crippen LogP contribution in [0.1, 0.15) is 30.1 Å². The Hall–Kier alpha value is -0.290. The fourth-order valence-corrected chi connectivity index (χ4v) is 2.83. The molecular weight excluding hydrogens is 363 g/mol. The van der Waals surface area contributed by atoms with Crippen LogP contribution in [0.2, 0.25) is 5.02 Å². The van der Waals surface area contributed by atoms with Crippen LogP contribution in [0.3, 0.4) is 0 Å². The van der Waals surface area contributed by atoms with Crippen LogP contribution in [-0.2, 0) is 0 Å². The zero-order chi connectivity index (χ0) is 13.9. The second kappa shape index (κ2) is 7.64. The molecule has 0 atom stereocenters. The first kappa shape index (κ1) is 17.8. The SMILES string of the molecule is CC1(CNC(=O)c2cc(Br)ccc2Cl)CCNCC1.Cl. The van der Waals surface area contributed by atoms with Gasteiger partial charge in [-0.25, -0.2) is 0 Å². The van der Waals surface area contributed by atoms with Crippen LogP contribution >= 0.6 is 39.9 Å². The van der Waals surface area contributed by atoms with E-state index in [0.717, 1.165) is 30.4 Å². The molecule has 0 unspecified atom stereocenters. The first-order valence-corrected chi connectivity index (χ1v) is 7.61. The van der Waals surface area contributed by atoms with Gasteiger partial charge < -0.3 is 10.6 Å². The molecule has 0 saturated carbocycles. The zero-order valence-electron chi connectivity index (χ0n) is 11.3. The third kappa shape index (κ3) is 4.62. The van der Waals surface area contributed by atoms with E-state index in [2.05, 4.69) is 33.5 Å². The fraction of sp³-hybridized carbons (Fsp3) is 0.500. The minimum Gasteiger partial charge on any atom is -0.351 e. The van der Waals surface area contributed by atoms with Crippen molar-refractivity contribution in [1.82, 2.24) is 10.6 Å². The number of halogens is 3. The summed E-state index contributed by atoms with van der Waals surface area (Å²) in [4.78, 5) is 12.2. The van der Waals surface area contributed by atoms with E-state index in [1.165, 1.54) is 0 Å². The molecule has 0 spiro atoms. The molecule has 20 heavy (non-hydrogen) atoms. The molecule has 1 aromatic rings. The maximum absolute atomic E-state index is 12.2. The van der Waals surface area contributed by atoms with Gasteiger partial charge in [0.25, 0.3) is 5.91 Å². The monoisotopic (exact) mass is 380 g/mol. The molecule has 2 N–H and O–H groups in total. The molecule has 6 heteroatoms. The third-order valence-corrected chi connectivity index (χ3v) is 4.48. The molecule has 3 nitrogen and oxygen atoms in total. The molecule has 0 bridgehead atoms. The Kier molecular flexibility index (Phi) is 6.79. The summed E-state index contributed by atoms with van der Waals surface area (Å²) in [6, 6.07) is 5.31. The predicted molar refractivity (Wildman–Crippen MR) is 88.9 cm³/mol. The van der Waals surface area contributed by atoms with Crippen LogP contribution in [-0.4, -0.2) is 25.5 Å². The first-order valence-electron chi connectivity index (χ1n) is 6.44. The van der Waals surface area contributed by atoms with Gasteiger partial charge in [0.2, 0.25) is 0 Å². The minimum absolute atomic E-state index is 0. The number of carbonyl (C=O) groups excluding carboxylic acids is 1. The molecule has 0 radical (unpaired) electrons. The number of nitrogens with one attached hydrogen (secondary N) is 2. The van der Waals surface area contributed by atoms with Gasteiger partial charge in [-0.05, 0) is 49.5 Å². The van der Waals surface area contributed by atoms with Crippen molar-refractivity contribution in [2.75, 3.05) is 19.6 Å². The van der Waals surface area contributed by atoms with Crippen LogP contribution in [0.4, 0.5) is 0 Å². The smallest absolute Gasteiger partial charge is 0.252 e. The molecule has 2 rings (SSSR count). The normalized spacial score (nSPS) is 17.1. The topological polar surface area (TPSA) is 41.1 Å². The summed E-state index contributed by atoms with van der Waals surface area (Å²) in [6.45, 7) is 4.95. The Bertz CT molecular complexity index is 476. The number of hydrogen-bond donors (Lipinski definition) is 2. The quantitative estimate of drug-likeness (QED) is 0.838. The van der Waals surface area contributed by atoms with Crippen molar-refractivity contribution in [3.05, 3.63) is 33.3 Å². The molecular formula is C14H19BrCl2N2O. The Morgan fingerprint density at radius 1 is 1.45 bits per heavy atom. The van der Waals surface area contributed by atoms with Gasteiger partial charge in [0.15, 0.2) is 0 Å².